The van der Waals surface area contributed by atoms with Gasteiger partial charge >= 0.3 is 6.03 Å². The first-order chi connectivity index (χ1) is 14.4. The van der Waals surface area contributed by atoms with Crippen LogP contribution in [-0.2, 0) is 4.74 Å². The van der Waals surface area contributed by atoms with Crippen LogP contribution >= 0.6 is 23.4 Å². The molecule has 4 rings (SSSR count). The molecule has 0 aliphatic carbocycles. The van der Waals surface area contributed by atoms with Crippen LogP contribution in [0.25, 0.3) is 0 Å². The second-order valence-electron chi connectivity index (χ2n) is 7.67. The lowest BCUT2D eigenvalue weighted by Crippen LogP contribution is -2.50. The highest BCUT2D eigenvalue weighted by Crippen LogP contribution is 2.42. The number of primary amides is 1. The smallest absolute Gasteiger partial charge is 0.317 e. The third-order valence-electron chi connectivity index (χ3n) is 5.85. The maximum Gasteiger partial charge on any atom is 0.317 e. The summed E-state index contributed by atoms with van der Waals surface area (Å²) in [7, 11) is 0. The Morgan fingerprint density at radius 3 is 2.70 bits per heavy atom. The second kappa shape index (κ2) is 8.54. The van der Waals surface area contributed by atoms with E-state index in [0.717, 1.165) is 38.4 Å². The number of hydrogen-bond donors (Lipinski definition) is 3. The van der Waals surface area contributed by atoms with Gasteiger partial charge in [0.25, 0.3) is 0 Å². The third kappa shape index (κ3) is 4.18. The number of amides is 2. The first kappa shape index (κ1) is 21.1. The molecule has 4 heterocycles. The molecule has 0 aromatic carbocycles. The predicted octanol–water partition coefficient (Wildman–Crippen LogP) is 2.50. The van der Waals surface area contributed by atoms with E-state index in [4.69, 9.17) is 27.8 Å². The van der Waals surface area contributed by atoms with E-state index in [1.54, 1.807) is 24.7 Å². The molecule has 2 fully saturated rings. The van der Waals surface area contributed by atoms with Crippen molar-refractivity contribution in [1.29, 1.82) is 0 Å². The van der Waals surface area contributed by atoms with Crippen LogP contribution in [0.15, 0.2) is 34.6 Å². The number of carbonyl (C=O) groups excluding carboxylic acids is 1. The van der Waals surface area contributed by atoms with Crippen molar-refractivity contribution in [2.75, 3.05) is 29.9 Å². The summed E-state index contributed by atoms with van der Waals surface area (Å²) in [4.78, 5) is 27.1. The van der Waals surface area contributed by atoms with Gasteiger partial charge in [-0.15, -0.1) is 0 Å². The van der Waals surface area contributed by atoms with E-state index in [-0.39, 0.29) is 23.4 Å². The van der Waals surface area contributed by atoms with E-state index in [1.165, 1.54) is 11.8 Å². The summed E-state index contributed by atoms with van der Waals surface area (Å²) < 4.78 is 5.79. The topological polar surface area (TPSA) is 132 Å². The number of anilines is 2. The molecule has 2 amide bonds. The zero-order valence-corrected chi connectivity index (χ0v) is 18.1. The average Bonchev–Trinajstić information content (AvgIpc) is 3.00. The van der Waals surface area contributed by atoms with Gasteiger partial charge in [-0.25, -0.2) is 19.7 Å². The summed E-state index contributed by atoms with van der Waals surface area (Å²) in [6.45, 7) is 4.55. The molecule has 2 saturated heterocycles. The van der Waals surface area contributed by atoms with Crippen LogP contribution in [0.2, 0.25) is 5.02 Å². The van der Waals surface area contributed by atoms with Crippen molar-refractivity contribution in [2.45, 2.75) is 41.8 Å². The summed E-state index contributed by atoms with van der Waals surface area (Å²) >= 11 is 7.64. The van der Waals surface area contributed by atoms with E-state index >= 15 is 0 Å². The average molecular weight is 450 g/mol. The number of urea groups is 1. The third-order valence-corrected chi connectivity index (χ3v) is 7.33. The fourth-order valence-electron chi connectivity index (χ4n) is 4.00. The van der Waals surface area contributed by atoms with Crippen LogP contribution in [0.4, 0.5) is 16.4 Å². The maximum atomic E-state index is 11.1. The first-order valence-electron chi connectivity index (χ1n) is 9.71. The fourth-order valence-corrected chi connectivity index (χ4v) is 5.03. The molecule has 0 saturated carbocycles. The molecular formula is C19H24ClN7O2S. The van der Waals surface area contributed by atoms with Crippen LogP contribution < -0.4 is 21.7 Å². The zero-order valence-electron chi connectivity index (χ0n) is 16.5. The Hall–Kier alpha value is -2.14. The van der Waals surface area contributed by atoms with Crippen molar-refractivity contribution >= 4 is 41.0 Å². The highest BCUT2D eigenvalue weighted by molar-refractivity contribution is 7.99. The molecule has 0 radical (unpaired) electrons. The number of ether oxygens (including phenoxy) is 1. The molecular weight excluding hydrogens is 426 g/mol. The van der Waals surface area contributed by atoms with Crippen molar-refractivity contribution in [3.63, 3.8) is 0 Å². The minimum absolute atomic E-state index is 0.0773. The summed E-state index contributed by atoms with van der Waals surface area (Å²) in [6.07, 6.45) is 7.12. The second-order valence-corrected chi connectivity index (χ2v) is 9.11. The predicted molar refractivity (Wildman–Crippen MR) is 116 cm³/mol. The van der Waals surface area contributed by atoms with E-state index in [0.29, 0.717) is 14.9 Å². The van der Waals surface area contributed by atoms with Crippen molar-refractivity contribution in [3.8, 4) is 0 Å². The van der Waals surface area contributed by atoms with Gasteiger partial charge < -0.3 is 21.1 Å². The largest absolute Gasteiger partial charge is 0.376 e. The van der Waals surface area contributed by atoms with E-state index in [9.17, 15) is 4.79 Å². The van der Waals surface area contributed by atoms with Crippen LogP contribution in [0, 0.1) is 5.41 Å². The van der Waals surface area contributed by atoms with Gasteiger partial charge in [-0.05, 0) is 25.8 Å². The molecule has 2 aromatic rings. The van der Waals surface area contributed by atoms with Crippen molar-refractivity contribution < 1.29 is 9.53 Å². The van der Waals surface area contributed by atoms with Crippen LogP contribution in [0.1, 0.15) is 19.8 Å². The first-order valence-corrected chi connectivity index (χ1v) is 10.9. The number of piperidine rings is 1. The molecule has 2 aliphatic heterocycles. The van der Waals surface area contributed by atoms with E-state index < -0.39 is 6.03 Å². The van der Waals surface area contributed by atoms with Gasteiger partial charge in [0.05, 0.1) is 30.1 Å². The number of aromatic nitrogens is 3. The van der Waals surface area contributed by atoms with Gasteiger partial charge in [0, 0.05) is 35.6 Å². The highest BCUT2D eigenvalue weighted by atomic mass is 35.5. The number of nitrogens with zero attached hydrogens (tertiary/aromatic N) is 4. The van der Waals surface area contributed by atoms with Gasteiger partial charge in [0.15, 0.2) is 5.82 Å². The Balaban J connectivity index is 1.40. The van der Waals surface area contributed by atoms with Crippen molar-refractivity contribution in [2.24, 2.45) is 16.9 Å². The van der Waals surface area contributed by atoms with Gasteiger partial charge in [0.1, 0.15) is 10.8 Å². The summed E-state index contributed by atoms with van der Waals surface area (Å²) in [5.74, 6) is 1.05. The Morgan fingerprint density at radius 2 is 2.10 bits per heavy atom. The number of carbonyl (C=O) groups is 1. The molecule has 1 spiro atoms. The van der Waals surface area contributed by atoms with Crippen LogP contribution in [-0.4, -0.2) is 52.8 Å². The van der Waals surface area contributed by atoms with Gasteiger partial charge in [-0.3, -0.25) is 5.32 Å². The summed E-state index contributed by atoms with van der Waals surface area (Å²) in [5, 5.41) is 3.39. The maximum absolute atomic E-state index is 11.1. The summed E-state index contributed by atoms with van der Waals surface area (Å²) in [5.41, 5.74) is 11.6. The zero-order chi connectivity index (χ0) is 21.3. The summed E-state index contributed by atoms with van der Waals surface area (Å²) in [6, 6.07) is 1.11. The highest BCUT2D eigenvalue weighted by Gasteiger charge is 2.47. The van der Waals surface area contributed by atoms with Gasteiger partial charge in [0.2, 0.25) is 0 Å². The number of hydrogen-bond acceptors (Lipinski definition) is 8. The lowest BCUT2D eigenvalue weighted by atomic mass is 9.73. The SMILES string of the molecule is C[C@@H]1OCC2(CCN(c3cnc(Sc4ccnc(NC(N)=O)c4Cl)cn3)CC2)[C@@H]1N. The Morgan fingerprint density at radius 1 is 1.33 bits per heavy atom. The molecule has 160 valence electrons. The Bertz CT molecular complexity index is 922. The van der Waals surface area contributed by atoms with Crippen molar-refractivity contribution in [1.82, 2.24) is 15.0 Å². The standard InChI is InChI=1S/C19H24ClN7O2S/c1-11-16(21)19(10-29-11)3-6-27(7-4-19)13-8-25-14(9-24-13)30-12-2-5-23-17(15(12)20)26-18(22)28/h2,5,8-9,11,16H,3-4,6-7,10,21H2,1H3,(H3,22,23,26,28)/t11-,16+/m0/s1. The number of nitrogens with one attached hydrogen (secondary N) is 1. The molecule has 5 N–H and O–H groups in total. The van der Waals surface area contributed by atoms with Crippen LogP contribution in [0.5, 0.6) is 0 Å². The fraction of sp³-hybridized carbons (Fsp3) is 0.474. The molecule has 0 unspecified atom stereocenters. The number of pyridine rings is 1. The van der Waals surface area contributed by atoms with Crippen molar-refractivity contribution in [3.05, 3.63) is 29.7 Å². The minimum Gasteiger partial charge on any atom is -0.376 e. The Labute approximate surface area is 183 Å². The molecule has 2 aromatic heterocycles. The molecule has 0 bridgehead atoms. The number of halogens is 1. The molecule has 9 nitrogen and oxygen atoms in total. The normalized spacial score (nSPS) is 23.0. The van der Waals surface area contributed by atoms with E-state index in [2.05, 4.69) is 32.1 Å². The molecule has 2 atom stereocenters. The van der Waals surface area contributed by atoms with Gasteiger partial charge in [-0.1, -0.05) is 23.4 Å². The molecule has 30 heavy (non-hydrogen) atoms. The lowest BCUT2D eigenvalue weighted by Gasteiger charge is -2.41. The monoisotopic (exact) mass is 449 g/mol. The number of rotatable bonds is 4. The molecule has 2 aliphatic rings. The number of nitrogens with two attached hydrogens (primary N) is 2. The minimum atomic E-state index is -0.724. The Kier molecular flexibility index (Phi) is 6.01. The molecule has 11 heteroatoms. The lowest BCUT2D eigenvalue weighted by molar-refractivity contribution is 0.0974. The quantitative estimate of drug-likeness (QED) is 0.648. The van der Waals surface area contributed by atoms with Gasteiger partial charge in [-0.2, -0.15) is 0 Å². The van der Waals surface area contributed by atoms with Crippen LogP contribution in [0.3, 0.4) is 0 Å². The van der Waals surface area contributed by atoms with E-state index in [1.807, 2.05) is 0 Å².